The van der Waals surface area contributed by atoms with Crippen LogP contribution in [0.5, 0.6) is 5.75 Å². The molecule has 0 saturated heterocycles. The number of phenolic OH excluding ortho intramolecular Hbond substituents is 1. The summed E-state index contributed by atoms with van der Waals surface area (Å²) in [4.78, 5) is 0. The van der Waals surface area contributed by atoms with Crippen LogP contribution in [0.4, 0.5) is 5.69 Å². The predicted molar refractivity (Wildman–Crippen MR) is 57.0 cm³/mol. The Balaban J connectivity index is 2.40. The highest BCUT2D eigenvalue weighted by atomic mass is 16.3. The maximum absolute atomic E-state index is 9.36. The highest BCUT2D eigenvalue weighted by molar-refractivity contribution is 5.49. The van der Waals surface area contributed by atoms with Gasteiger partial charge in [0.2, 0.25) is 0 Å². The lowest BCUT2D eigenvalue weighted by Crippen LogP contribution is -1.78. The molecule has 1 rings (SSSR count). The van der Waals surface area contributed by atoms with Gasteiger partial charge in [-0.25, -0.2) is 0 Å². The minimum atomic E-state index is 0.187. The van der Waals surface area contributed by atoms with Crippen LogP contribution < -0.4 is 0 Å². The molecule has 0 aromatic heterocycles. The van der Waals surface area contributed by atoms with Gasteiger partial charge in [-0.15, -0.1) is 0 Å². The molecule has 0 heterocycles. The van der Waals surface area contributed by atoms with E-state index in [9.17, 15) is 5.11 Å². The fourth-order valence-corrected chi connectivity index (χ4v) is 1.11. The van der Waals surface area contributed by atoms with Gasteiger partial charge in [-0.3, -0.25) is 0 Å². The molecule has 1 N–H and O–H groups in total. The molecule has 0 bridgehead atoms. The smallest absolute Gasteiger partial charge is 0.143 e. The normalized spacial score (nSPS) is 10.9. The van der Waals surface area contributed by atoms with Gasteiger partial charge in [0, 0.05) is 0 Å². The number of aromatic hydroxyl groups is 1. The average molecular weight is 192 g/mol. The molecule has 0 spiro atoms. The summed E-state index contributed by atoms with van der Waals surface area (Å²) in [7, 11) is 0. The molecule has 0 unspecified atom stereocenters. The van der Waals surface area contributed by atoms with Crippen molar-refractivity contribution < 1.29 is 5.11 Å². The molecule has 0 aliphatic heterocycles. The van der Waals surface area contributed by atoms with Gasteiger partial charge < -0.3 is 5.11 Å². The van der Waals surface area contributed by atoms with Crippen LogP contribution in [0.1, 0.15) is 26.2 Å². The second-order valence-electron chi connectivity index (χ2n) is 3.16. The summed E-state index contributed by atoms with van der Waals surface area (Å²) in [6, 6.07) is 6.96. The molecule has 1 aromatic carbocycles. The monoisotopic (exact) mass is 192 g/mol. The number of hydrogen-bond donors (Lipinski definition) is 1. The van der Waals surface area contributed by atoms with Gasteiger partial charge in [0.1, 0.15) is 11.4 Å². The van der Waals surface area contributed by atoms with Gasteiger partial charge in [0.15, 0.2) is 0 Å². The number of unbranched alkanes of at least 4 members (excludes halogenated alkanes) is 2. The highest BCUT2D eigenvalue weighted by Crippen LogP contribution is 2.24. The number of hydrogen-bond acceptors (Lipinski definition) is 3. The van der Waals surface area contributed by atoms with E-state index in [-0.39, 0.29) is 5.75 Å². The third kappa shape index (κ3) is 3.56. The predicted octanol–water partition coefficient (Wildman–Crippen LogP) is 3.67. The first-order valence-electron chi connectivity index (χ1n) is 5.00. The van der Waals surface area contributed by atoms with Crippen LogP contribution in [0.25, 0.3) is 0 Å². The zero-order chi connectivity index (χ0) is 10.2. The first-order chi connectivity index (χ1) is 6.84. The van der Waals surface area contributed by atoms with E-state index in [0.717, 1.165) is 13.0 Å². The molecular formula is C11H16N2O. The van der Waals surface area contributed by atoms with E-state index >= 15 is 0 Å². The fourth-order valence-electron chi connectivity index (χ4n) is 1.11. The van der Waals surface area contributed by atoms with E-state index in [1.54, 1.807) is 18.2 Å². The summed E-state index contributed by atoms with van der Waals surface area (Å²) < 4.78 is 0. The van der Waals surface area contributed by atoms with Gasteiger partial charge in [-0.1, -0.05) is 31.9 Å². The van der Waals surface area contributed by atoms with Crippen LogP contribution in [0.3, 0.4) is 0 Å². The Morgan fingerprint density at radius 3 is 2.71 bits per heavy atom. The van der Waals surface area contributed by atoms with Crippen molar-refractivity contribution in [2.75, 3.05) is 6.54 Å². The summed E-state index contributed by atoms with van der Waals surface area (Å²) in [5.41, 5.74) is 0.545. The third-order valence-electron chi connectivity index (χ3n) is 1.92. The lowest BCUT2D eigenvalue weighted by atomic mass is 10.2. The molecule has 76 valence electrons. The third-order valence-corrected chi connectivity index (χ3v) is 1.92. The van der Waals surface area contributed by atoms with Gasteiger partial charge in [-0.05, 0) is 18.6 Å². The van der Waals surface area contributed by atoms with Crippen LogP contribution in [-0.2, 0) is 0 Å². The van der Waals surface area contributed by atoms with Crippen LogP contribution >= 0.6 is 0 Å². The van der Waals surface area contributed by atoms with Crippen molar-refractivity contribution in [1.82, 2.24) is 0 Å². The molecule has 0 amide bonds. The topological polar surface area (TPSA) is 45.0 Å². The fraction of sp³-hybridized carbons (Fsp3) is 0.455. The number of rotatable bonds is 5. The Kier molecular flexibility index (Phi) is 4.69. The van der Waals surface area contributed by atoms with Crippen molar-refractivity contribution in [3.8, 4) is 5.75 Å². The van der Waals surface area contributed by atoms with E-state index in [2.05, 4.69) is 17.2 Å². The lowest BCUT2D eigenvalue weighted by molar-refractivity contribution is 0.476. The first-order valence-corrected chi connectivity index (χ1v) is 5.00. The van der Waals surface area contributed by atoms with Crippen LogP contribution in [0.15, 0.2) is 34.5 Å². The minimum absolute atomic E-state index is 0.187. The van der Waals surface area contributed by atoms with E-state index < -0.39 is 0 Å². The van der Waals surface area contributed by atoms with Gasteiger partial charge in [-0.2, -0.15) is 10.2 Å². The van der Waals surface area contributed by atoms with E-state index in [1.165, 1.54) is 12.8 Å². The van der Waals surface area contributed by atoms with Gasteiger partial charge in [0.25, 0.3) is 0 Å². The minimum Gasteiger partial charge on any atom is -0.506 e. The molecular weight excluding hydrogens is 176 g/mol. The number of phenols is 1. The molecule has 3 nitrogen and oxygen atoms in total. The standard InChI is InChI=1S/C11H16N2O/c1-2-3-6-9-12-13-10-7-4-5-8-11(10)14/h4-5,7-8,14H,2-3,6,9H2,1H3/b13-12+. The molecule has 0 fully saturated rings. The molecule has 0 saturated carbocycles. The second-order valence-corrected chi connectivity index (χ2v) is 3.16. The molecule has 3 heteroatoms. The zero-order valence-electron chi connectivity index (χ0n) is 8.48. The largest absolute Gasteiger partial charge is 0.506 e. The molecule has 14 heavy (non-hydrogen) atoms. The van der Waals surface area contributed by atoms with Crippen LogP contribution in [0, 0.1) is 0 Å². The Morgan fingerprint density at radius 2 is 2.00 bits per heavy atom. The average Bonchev–Trinajstić information content (AvgIpc) is 2.20. The first kappa shape index (κ1) is 10.7. The summed E-state index contributed by atoms with van der Waals surface area (Å²) >= 11 is 0. The van der Waals surface area contributed by atoms with Crippen molar-refractivity contribution in [3.05, 3.63) is 24.3 Å². The summed E-state index contributed by atoms with van der Waals surface area (Å²) in [6.07, 6.45) is 3.43. The Morgan fingerprint density at radius 1 is 1.21 bits per heavy atom. The Labute approximate surface area is 84.5 Å². The number of azo groups is 1. The quantitative estimate of drug-likeness (QED) is 0.561. The van der Waals surface area contributed by atoms with Crippen LogP contribution in [-0.4, -0.2) is 11.7 Å². The second kappa shape index (κ2) is 6.13. The molecule has 0 aliphatic carbocycles. The maximum atomic E-state index is 9.36. The Bertz CT molecular complexity index is 297. The Hall–Kier alpha value is -1.38. The number of nitrogens with zero attached hydrogens (tertiary/aromatic N) is 2. The van der Waals surface area contributed by atoms with Gasteiger partial charge >= 0.3 is 0 Å². The molecule has 0 aliphatic rings. The summed E-state index contributed by atoms with van der Waals surface area (Å²) in [5.74, 6) is 0.187. The highest BCUT2D eigenvalue weighted by Gasteiger charge is 1.95. The van der Waals surface area contributed by atoms with E-state index in [1.807, 2.05) is 6.07 Å². The van der Waals surface area contributed by atoms with Crippen molar-refractivity contribution in [2.24, 2.45) is 10.2 Å². The van der Waals surface area contributed by atoms with Crippen LogP contribution in [0.2, 0.25) is 0 Å². The maximum Gasteiger partial charge on any atom is 0.143 e. The van der Waals surface area contributed by atoms with Gasteiger partial charge in [0.05, 0.1) is 6.54 Å². The summed E-state index contributed by atoms with van der Waals surface area (Å²) in [6.45, 7) is 2.89. The lowest BCUT2D eigenvalue weighted by Gasteiger charge is -1.95. The molecule has 1 aromatic rings. The van der Waals surface area contributed by atoms with Crippen molar-refractivity contribution in [2.45, 2.75) is 26.2 Å². The van der Waals surface area contributed by atoms with E-state index in [4.69, 9.17) is 0 Å². The number of para-hydroxylation sites is 1. The van der Waals surface area contributed by atoms with E-state index in [0.29, 0.717) is 5.69 Å². The SMILES string of the molecule is CCCCC/N=N/c1ccccc1O. The zero-order valence-corrected chi connectivity index (χ0v) is 8.48. The van der Waals surface area contributed by atoms with Crippen molar-refractivity contribution in [3.63, 3.8) is 0 Å². The molecule has 0 atom stereocenters. The van der Waals surface area contributed by atoms with Crippen molar-refractivity contribution >= 4 is 5.69 Å². The van der Waals surface area contributed by atoms with Crippen molar-refractivity contribution in [1.29, 1.82) is 0 Å². The molecule has 0 radical (unpaired) electrons. The number of benzene rings is 1. The summed E-state index contributed by atoms with van der Waals surface area (Å²) in [5, 5.41) is 17.3.